The molecule has 0 saturated heterocycles. The van der Waals surface area contributed by atoms with E-state index in [0.717, 1.165) is 31.3 Å². The molecule has 0 spiro atoms. The summed E-state index contributed by atoms with van der Waals surface area (Å²) in [5.74, 6) is -0.735. The van der Waals surface area contributed by atoms with Crippen LogP contribution in [0.15, 0.2) is 11.6 Å². The lowest BCUT2D eigenvalue weighted by atomic mass is 9.45. The van der Waals surface area contributed by atoms with Crippen LogP contribution in [0.4, 0.5) is 0 Å². The van der Waals surface area contributed by atoms with Crippen LogP contribution in [0.5, 0.6) is 0 Å². The number of carbonyl (C=O) groups excluding carboxylic acids is 3. The molecule has 8 atom stereocenters. The van der Waals surface area contributed by atoms with E-state index >= 15 is 0 Å². The minimum atomic E-state index is -1.66. The number of Topliss-reactive ketones (excluding diaryl/α,β-unsaturated/α-hetero) is 1. The fourth-order valence-electron chi connectivity index (χ4n) is 8.14. The van der Waals surface area contributed by atoms with Gasteiger partial charge in [0.05, 0.1) is 6.10 Å². The van der Waals surface area contributed by atoms with Crippen molar-refractivity contribution in [1.29, 1.82) is 0 Å². The van der Waals surface area contributed by atoms with Crippen molar-refractivity contribution in [3.63, 3.8) is 0 Å². The molecule has 3 fully saturated rings. The molecular formula is C27H42N2O6. The second-order valence-electron chi connectivity index (χ2n) is 11.9. The van der Waals surface area contributed by atoms with Crippen molar-refractivity contribution in [3.05, 3.63) is 11.6 Å². The van der Waals surface area contributed by atoms with Crippen LogP contribution >= 0.6 is 0 Å². The molecule has 4 aliphatic rings. The minimum absolute atomic E-state index is 0.00970. The van der Waals surface area contributed by atoms with Gasteiger partial charge < -0.3 is 26.4 Å². The SMILES string of the molecule is C[C@]12CCC(=O)C=C1CCC1C2C(O)C[C@@]2(C)C1CC[C@]2(O)C(=O)COC(=O)[C@@H](N)CCCCN. The van der Waals surface area contributed by atoms with Crippen LogP contribution in [0, 0.1) is 28.6 Å². The normalized spacial score (nSPS) is 41.3. The lowest BCUT2D eigenvalue weighted by Crippen LogP contribution is -2.62. The van der Waals surface area contributed by atoms with Gasteiger partial charge in [-0.25, -0.2) is 0 Å². The molecule has 4 aliphatic carbocycles. The number of hydrogen-bond acceptors (Lipinski definition) is 8. The van der Waals surface area contributed by atoms with Crippen molar-refractivity contribution in [2.24, 2.45) is 40.1 Å². The predicted molar refractivity (Wildman–Crippen MR) is 130 cm³/mol. The number of esters is 1. The van der Waals surface area contributed by atoms with Gasteiger partial charge in [0.2, 0.25) is 5.78 Å². The Morgan fingerprint density at radius 3 is 2.66 bits per heavy atom. The first-order valence-corrected chi connectivity index (χ1v) is 13.3. The molecule has 0 aromatic carbocycles. The first-order chi connectivity index (χ1) is 16.5. The number of fused-ring (bicyclic) bond motifs is 5. The van der Waals surface area contributed by atoms with Gasteiger partial charge in [-0.2, -0.15) is 0 Å². The summed E-state index contributed by atoms with van der Waals surface area (Å²) < 4.78 is 5.22. The van der Waals surface area contributed by atoms with Crippen molar-refractivity contribution in [1.82, 2.24) is 0 Å². The van der Waals surface area contributed by atoms with Crippen LogP contribution in [-0.2, 0) is 19.1 Å². The molecule has 196 valence electrons. The molecule has 4 unspecified atom stereocenters. The van der Waals surface area contributed by atoms with E-state index in [4.69, 9.17) is 16.2 Å². The number of ketones is 2. The number of rotatable bonds is 8. The van der Waals surface area contributed by atoms with Crippen LogP contribution in [0.1, 0.15) is 78.1 Å². The lowest BCUT2D eigenvalue weighted by molar-refractivity contribution is -0.184. The van der Waals surface area contributed by atoms with Gasteiger partial charge in [0.1, 0.15) is 11.6 Å². The van der Waals surface area contributed by atoms with E-state index in [1.165, 1.54) is 0 Å². The van der Waals surface area contributed by atoms with E-state index in [0.29, 0.717) is 45.1 Å². The largest absolute Gasteiger partial charge is 0.456 e. The number of unbranched alkanes of at least 4 members (excludes halogenated alkanes) is 1. The van der Waals surface area contributed by atoms with Crippen LogP contribution in [0.2, 0.25) is 0 Å². The van der Waals surface area contributed by atoms with Crippen LogP contribution in [0.25, 0.3) is 0 Å². The molecule has 0 amide bonds. The van der Waals surface area contributed by atoms with E-state index < -0.39 is 41.5 Å². The van der Waals surface area contributed by atoms with Crippen molar-refractivity contribution >= 4 is 17.5 Å². The summed E-state index contributed by atoms with van der Waals surface area (Å²) in [6.07, 6.45) is 7.20. The van der Waals surface area contributed by atoms with E-state index in [1.807, 2.05) is 6.92 Å². The fourth-order valence-corrected chi connectivity index (χ4v) is 8.14. The van der Waals surface area contributed by atoms with E-state index in [-0.39, 0.29) is 29.0 Å². The topological polar surface area (TPSA) is 153 Å². The van der Waals surface area contributed by atoms with Gasteiger partial charge in [-0.1, -0.05) is 25.8 Å². The Labute approximate surface area is 207 Å². The molecule has 0 aliphatic heterocycles. The summed E-state index contributed by atoms with van der Waals surface area (Å²) in [6, 6.07) is -0.819. The standard InChI is InChI=1S/C27H42N2O6/c1-25-10-8-17(30)13-16(25)6-7-18-19-9-11-27(34,26(19,2)14-21(31)23(18)25)22(32)15-35-24(33)20(29)5-3-4-12-28/h13,18-21,23,31,34H,3-12,14-15,28-29H2,1-2H3/t18?,19?,20-,21?,23?,25-,26-,27-/m0/s1. The Hall–Kier alpha value is -1.61. The molecule has 4 rings (SSSR count). The number of hydrogen-bond donors (Lipinski definition) is 4. The summed E-state index contributed by atoms with van der Waals surface area (Å²) in [6.45, 7) is 4.10. The third-order valence-electron chi connectivity index (χ3n) is 10.1. The molecule has 8 nitrogen and oxygen atoms in total. The third-order valence-corrected chi connectivity index (χ3v) is 10.1. The maximum absolute atomic E-state index is 13.3. The van der Waals surface area contributed by atoms with Gasteiger partial charge in [0, 0.05) is 11.8 Å². The summed E-state index contributed by atoms with van der Waals surface area (Å²) in [7, 11) is 0. The fraction of sp³-hybridized carbons (Fsp3) is 0.815. The molecule has 0 radical (unpaired) electrons. The molecule has 6 N–H and O–H groups in total. The highest BCUT2D eigenvalue weighted by Crippen LogP contribution is 2.67. The van der Waals surface area contributed by atoms with Crippen molar-refractivity contribution < 1.29 is 29.3 Å². The van der Waals surface area contributed by atoms with Crippen molar-refractivity contribution in [2.45, 2.75) is 95.8 Å². The smallest absolute Gasteiger partial charge is 0.323 e. The number of allylic oxidation sites excluding steroid dienone is 1. The monoisotopic (exact) mass is 490 g/mol. The average Bonchev–Trinajstić information content (AvgIpc) is 3.08. The number of aliphatic hydroxyl groups excluding tert-OH is 1. The van der Waals surface area contributed by atoms with Gasteiger partial charge in [-0.15, -0.1) is 0 Å². The molecule has 0 bridgehead atoms. The quantitative estimate of drug-likeness (QED) is 0.297. The minimum Gasteiger partial charge on any atom is -0.456 e. The molecule has 3 saturated carbocycles. The Kier molecular flexibility index (Phi) is 7.32. The Morgan fingerprint density at radius 2 is 1.94 bits per heavy atom. The van der Waals surface area contributed by atoms with Gasteiger partial charge in [0.15, 0.2) is 12.4 Å². The first kappa shape index (κ1) is 26.5. The zero-order valence-corrected chi connectivity index (χ0v) is 21.1. The zero-order chi connectivity index (χ0) is 25.6. The van der Waals surface area contributed by atoms with Crippen molar-refractivity contribution in [3.8, 4) is 0 Å². The van der Waals surface area contributed by atoms with Gasteiger partial charge in [-0.05, 0) is 87.2 Å². The van der Waals surface area contributed by atoms with Gasteiger partial charge in [-0.3, -0.25) is 14.4 Å². The highest BCUT2D eigenvalue weighted by atomic mass is 16.5. The number of nitrogens with two attached hydrogens (primary N) is 2. The first-order valence-electron chi connectivity index (χ1n) is 13.3. The molecule has 35 heavy (non-hydrogen) atoms. The second-order valence-corrected chi connectivity index (χ2v) is 11.9. The van der Waals surface area contributed by atoms with Crippen molar-refractivity contribution in [2.75, 3.05) is 13.2 Å². The third kappa shape index (κ3) is 4.30. The highest BCUT2D eigenvalue weighted by molar-refractivity contribution is 5.92. The van der Waals surface area contributed by atoms with Gasteiger partial charge >= 0.3 is 5.97 Å². The van der Waals surface area contributed by atoms with E-state index in [9.17, 15) is 24.6 Å². The van der Waals surface area contributed by atoms with Crippen LogP contribution in [0.3, 0.4) is 0 Å². The second kappa shape index (κ2) is 9.69. The summed E-state index contributed by atoms with van der Waals surface area (Å²) in [4.78, 5) is 37.6. The summed E-state index contributed by atoms with van der Waals surface area (Å²) in [5, 5.41) is 23.2. The Morgan fingerprint density at radius 1 is 1.20 bits per heavy atom. The molecule has 8 heteroatoms. The van der Waals surface area contributed by atoms with Crippen LogP contribution in [-0.4, -0.2) is 58.6 Å². The van der Waals surface area contributed by atoms with E-state index in [2.05, 4.69) is 6.92 Å². The Bertz CT molecular complexity index is 904. The molecule has 0 heterocycles. The number of ether oxygens (including phenoxy) is 1. The zero-order valence-electron chi connectivity index (χ0n) is 21.1. The summed E-state index contributed by atoms with van der Waals surface area (Å²) in [5.41, 5.74) is 9.82. The number of carbonyl (C=O) groups is 3. The number of aliphatic hydroxyl groups is 2. The Balaban J connectivity index is 1.48. The maximum atomic E-state index is 13.3. The molecule has 0 aromatic heterocycles. The van der Waals surface area contributed by atoms with E-state index in [1.54, 1.807) is 6.08 Å². The molecular weight excluding hydrogens is 448 g/mol. The highest BCUT2D eigenvalue weighted by Gasteiger charge is 2.68. The summed E-state index contributed by atoms with van der Waals surface area (Å²) >= 11 is 0. The lowest BCUT2D eigenvalue weighted by Gasteiger charge is -2.60. The molecule has 0 aromatic rings. The maximum Gasteiger partial charge on any atom is 0.323 e. The average molecular weight is 491 g/mol. The van der Waals surface area contributed by atoms with Crippen LogP contribution < -0.4 is 11.5 Å². The predicted octanol–water partition coefficient (Wildman–Crippen LogP) is 1.79. The van der Waals surface area contributed by atoms with Gasteiger partial charge in [0.25, 0.3) is 0 Å².